The molecule has 0 saturated carbocycles. The molecule has 3 N–H and O–H groups in total. The lowest BCUT2D eigenvalue weighted by molar-refractivity contribution is 0.0939. The van der Waals surface area contributed by atoms with Gasteiger partial charge < -0.3 is 11.1 Å². The molecule has 0 aliphatic heterocycles. The Bertz CT molecular complexity index is 568. The van der Waals surface area contributed by atoms with Crippen molar-refractivity contribution in [3.63, 3.8) is 0 Å². The number of hydrogen-bond acceptors (Lipinski definition) is 4. The van der Waals surface area contributed by atoms with Gasteiger partial charge in [-0.25, -0.2) is 4.98 Å². The second kappa shape index (κ2) is 7.90. The molecule has 1 amide bonds. The second-order valence-electron chi connectivity index (χ2n) is 4.94. The maximum atomic E-state index is 12.2. The summed E-state index contributed by atoms with van der Waals surface area (Å²) in [4.78, 5) is 17.2. The van der Waals surface area contributed by atoms with Gasteiger partial charge in [-0.2, -0.15) is 0 Å². The van der Waals surface area contributed by atoms with E-state index in [1.54, 1.807) is 6.20 Å². The number of benzene rings is 1. The van der Waals surface area contributed by atoms with Crippen LogP contribution >= 0.6 is 11.3 Å². The lowest BCUT2D eigenvalue weighted by atomic mass is 10.1. The standard InChI is InChI=1S/C16H21N3OS/c1-2-3-9-13(10-17)19-15(20)14-11-18-16(21-14)12-7-5-4-6-8-12/h4-8,11,13H,2-3,9-10,17H2,1H3,(H,19,20). The van der Waals surface area contributed by atoms with E-state index in [0.29, 0.717) is 11.4 Å². The zero-order valence-electron chi connectivity index (χ0n) is 12.2. The predicted octanol–water partition coefficient (Wildman–Crippen LogP) is 3.06. The van der Waals surface area contributed by atoms with Crippen molar-refractivity contribution >= 4 is 17.2 Å². The van der Waals surface area contributed by atoms with E-state index < -0.39 is 0 Å². The smallest absolute Gasteiger partial charge is 0.263 e. The third kappa shape index (κ3) is 4.37. The zero-order valence-corrected chi connectivity index (χ0v) is 13.0. The van der Waals surface area contributed by atoms with Gasteiger partial charge in [0.25, 0.3) is 5.91 Å². The fraction of sp³-hybridized carbons (Fsp3) is 0.375. The minimum Gasteiger partial charge on any atom is -0.347 e. The van der Waals surface area contributed by atoms with Crippen molar-refractivity contribution in [3.8, 4) is 10.6 Å². The first-order chi connectivity index (χ1) is 10.2. The Morgan fingerprint density at radius 3 is 2.81 bits per heavy atom. The van der Waals surface area contributed by atoms with Crippen LogP contribution in [0.3, 0.4) is 0 Å². The van der Waals surface area contributed by atoms with Crippen LogP contribution < -0.4 is 11.1 Å². The second-order valence-corrected chi connectivity index (χ2v) is 5.97. The van der Waals surface area contributed by atoms with Crippen LogP contribution in [0.25, 0.3) is 10.6 Å². The molecule has 0 spiro atoms. The average molecular weight is 303 g/mol. The highest BCUT2D eigenvalue weighted by molar-refractivity contribution is 7.16. The minimum atomic E-state index is -0.0822. The van der Waals surface area contributed by atoms with Gasteiger partial charge in [0.05, 0.1) is 6.20 Å². The van der Waals surface area contributed by atoms with E-state index in [1.807, 2.05) is 30.3 Å². The van der Waals surface area contributed by atoms with E-state index in [0.717, 1.165) is 29.8 Å². The summed E-state index contributed by atoms with van der Waals surface area (Å²) in [5, 5.41) is 3.85. The number of rotatable bonds is 7. The number of nitrogens with two attached hydrogens (primary N) is 1. The van der Waals surface area contributed by atoms with Crippen molar-refractivity contribution in [2.75, 3.05) is 6.54 Å². The van der Waals surface area contributed by atoms with Gasteiger partial charge in [-0.3, -0.25) is 4.79 Å². The molecule has 1 unspecified atom stereocenters. The maximum Gasteiger partial charge on any atom is 0.263 e. The number of thiazole rings is 1. The number of carbonyl (C=O) groups excluding carboxylic acids is 1. The highest BCUT2D eigenvalue weighted by Crippen LogP contribution is 2.24. The Kier molecular flexibility index (Phi) is 5.90. The Morgan fingerprint density at radius 2 is 2.14 bits per heavy atom. The first-order valence-corrected chi connectivity index (χ1v) is 8.08. The molecular weight excluding hydrogens is 282 g/mol. The Labute approximate surface area is 129 Å². The first kappa shape index (κ1) is 15.7. The Hall–Kier alpha value is -1.72. The van der Waals surface area contributed by atoms with Crippen molar-refractivity contribution in [2.24, 2.45) is 5.73 Å². The molecule has 0 fully saturated rings. The number of unbranched alkanes of at least 4 members (excludes halogenated alkanes) is 1. The van der Waals surface area contributed by atoms with Crippen molar-refractivity contribution < 1.29 is 4.79 Å². The molecule has 0 aliphatic carbocycles. The number of nitrogens with one attached hydrogen (secondary N) is 1. The van der Waals surface area contributed by atoms with E-state index in [-0.39, 0.29) is 11.9 Å². The van der Waals surface area contributed by atoms with Crippen LogP contribution in [-0.2, 0) is 0 Å². The van der Waals surface area contributed by atoms with E-state index >= 15 is 0 Å². The summed E-state index contributed by atoms with van der Waals surface area (Å²) in [6, 6.07) is 9.91. The summed E-state index contributed by atoms with van der Waals surface area (Å²) in [6.45, 7) is 2.60. The average Bonchev–Trinajstić information content (AvgIpc) is 3.02. The minimum absolute atomic E-state index is 0.0414. The maximum absolute atomic E-state index is 12.2. The highest BCUT2D eigenvalue weighted by atomic mass is 32.1. The van der Waals surface area contributed by atoms with Crippen molar-refractivity contribution in [2.45, 2.75) is 32.2 Å². The topological polar surface area (TPSA) is 68.0 Å². The molecule has 0 aliphatic rings. The van der Waals surface area contributed by atoms with Gasteiger partial charge in [-0.15, -0.1) is 11.3 Å². The molecule has 1 aromatic carbocycles. The molecule has 0 radical (unpaired) electrons. The number of nitrogens with zero attached hydrogens (tertiary/aromatic N) is 1. The van der Waals surface area contributed by atoms with Crippen LogP contribution in [-0.4, -0.2) is 23.5 Å². The lowest BCUT2D eigenvalue weighted by Crippen LogP contribution is -2.39. The quantitative estimate of drug-likeness (QED) is 0.826. The van der Waals surface area contributed by atoms with Gasteiger partial charge in [0.1, 0.15) is 9.88 Å². The third-order valence-corrected chi connectivity index (χ3v) is 4.32. The lowest BCUT2D eigenvalue weighted by Gasteiger charge is -2.15. The molecular formula is C16H21N3OS. The number of hydrogen-bond donors (Lipinski definition) is 2. The van der Waals surface area contributed by atoms with E-state index in [9.17, 15) is 4.79 Å². The van der Waals surface area contributed by atoms with Gasteiger partial charge >= 0.3 is 0 Å². The molecule has 112 valence electrons. The van der Waals surface area contributed by atoms with E-state index in [2.05, 4.69) is 17.2 Å². The van der Waals surface area contributed by atoms with Crippen LogP contribution in [0.5, 0.6) is 0 Å². The molecule has 21 heavy (non-hydrogen) atoms. The van der Waals surface area contributed by atoms with Gasteiger partial charge in [0.2, 0.25) is 0 Å². The molecule has 1 atom stereocenters. The molecule has 2 rings (SSSR count). The first-order valence-electron chi connectivity index (χ1n) is 7.26. The van der Waals surface area contributed by atoms with Crippen molar-refractivity contribution in [1.29, 1.82) is 0 Å². The normalized spacial score (nSPS) is 12.1. The zero-order chi connectivity index (χ0) is 15.1. The predicted molar refractivity (Wildman–Crippen MR) is 87.4 cm³/mol. The van der Waals surface area contributed by atoms with E-state index in [4.69, 9.17) is 5.73 Å². The summed E-state index contributed by atoms with van der Waals surface area (Å²) < 4.78 is 0. The molecule has 4 nitrogen and oxygen atoms in total. The molecule has 1 heterocycles. The van der Waals surface area contributed by atoms with Gasteiger partial charge in [-0.05, 0) is 6.42 Å². The van der Waals surface area contributed by atoms with Gasteiger partial charge in [0, 0.05) is 18.2 Å². The summed E-state index contributed by atoms with van der Waals surface area (Å²) in [6.07, 6.45) is 4.73. The fourth-order valence-corrected chi connectivity index (χ4v) is 2.87. The van der Waals surface area contributed by atoms with Crippen LogP contribution in [0.2, 0.25) is 0 Å². The number of carbonyl (C=O) groups is 1. The summed E-state index contributed by atoms with van der Waals surface area (Å²) in [5.74, 6) is -0.0822. The van der Waals surface area contributed by atoms with Crippen LogP contribution in [0, 0.1) is 0 Å². The van der Waals surface area contributed by atoms with Crippen LogP contribution in [0.4, 0.5) is 0 Å². The Morgan fingerprint density at radius 1 is 1.38 bits per heavy atom. The molecule has 0 saturated heterocycles. The molecule has 5 heteroatoms. The largest absolute Gasteiger partial charge is 0.347 e. The van der Waals surface area contributed by atoms with Crippen molar-refractivity contribution in [1.82, 2.24) is 10.3 Å². The van der Waals surface area contributed by atoms with Crippen LogP contribution in [0.15, 0.2) is 36.5 Å². The molecule has 0 bridgehead atoms. The summed E-state index contributed by atoms with van der Waals surface area (Å²) >= 11 is 1.41. The van der Waals surface area contributed by atoms with Crippen molar-refractivity contribution in [3.05, 3.63) is 41.4 Å². The van der Waals surface area contributed by atoms with E-state index in [1.165, 1.54) is 11.3 Å². The Balaban J connectivity index is 2.02. The van der Waals surface area contributed by atoms with Crippen LogP contribution in [0.1, 0.15) is 35.9 Å². The summed E-state index contributed by atoms with van der Waals surface area (Å²) in [7, 11) is 0. The highest BCUT2D eigenvalue weighted by Gasteiger charge is 2.15. The van der Waals surface area contributed by atoms with Gasteiger partial charge in [-0.1, -0.05) is 50.1 Å². The SMILES string of the molecule is CCCCC(CN)NC(=O)c1cnc(-c2ccccc2)s1. The number of amides is 1. The molecule has 2 aromatic rings. The third-order valence-electron chi connectivity index (χ3n) is 3.28. The van der Waals surface area contributed by atoms with Gasteiger partial charge in [0.15, 0.2) is 0 Å². The summed E-state index contributed by atoms with van der Waals surface area (Å²) in [5.41, 5.74) is 6.74. The molecule has 1 aromatic heterocycles. The number of aromatic nitrogens is 1. The monoisotopic (exact) mass is 303 g/mol. The fourth-order valence-electron chi connectivity index (χ4n) is 2.05.